The van der Waals surface area contributed by atoms with Crippen LogP contribution in [0.3, 0.4) is 0 Å². The molecule has 212 valence electrons. The van der Waals surface area contributed by atoms with Crippen LogP contribution in [-0.2, 0) is 11.0 Å². The molecule has 0 aliphatic heterocycles. The number of aromatic amines is 1. The summed E-state index contributed by atoms with van der Waals surface area (Å²) in [7, 11) is -2.13. The molecule has 2 aromatic carbocycles. The Kier molecular flexibility index (Phi) is 10.7. The van der Waals surface area contributed by atoms with Crippen molar-refractivity contribution in [1.29, 1.82) is 0 Å². The maximum atomic E-state index is 12.3. The maximum absolute atomic E-state index is 12.3. The molecule has 0 radical (unpaired) electrons. The van der Waals surface area contributed by atoms with Gasteiger partial charge in [0.15, 0.2) is 8.32 Å². The molecular weight excluding hydrogens is 510 g/mol. The van der Waals surface area contributed by atoms with Crippen molar-refractivity contribution in [3.05, 3.63) is 76.1 Å². The van der Waals surface area contributed by atoms with Gasteiger partial charge in [-0.15, -0.1) is 0 Å². The van der Waals surface area contributed by atoms with E-state index < -0.39 is 14.4 Å². The Morgan fingerprint density at radius 1 is 1.00 bits per heavy atom. The zero-order valence-corrected chi connectivity index (χ0v) is 24.8. The van der Waals surface area contributed by atoms with E-state index in [4.69, 9.17) is 14.3 Å². The second-order valence-corrected chi connectivity index (χ2v) is 16.2. The van der Waals surface area contributed by atoms with Gasteiger partial charge in [-0.25, -0.2) is 4.79 Å². The average molecular weight is 554 g/mol. The van der Waals surface area contributed by atoms with E-state index in [9.17, 15) is 9.59 Å². The molecule has 4 N–H and O–H groups in total. The molecule has 0 bridgehead atoms. The summed E-state index contributed by atoms with van der Waals surface area (Å²) in [5, 5.41) is 15.6. The summed E-state index contributed by atoms with van der Waals surface area (Å²) in [6.07, 6.45) is 1.48. The largest absolute Gasteiger partial charge is 0.487 e. The molecule has 0 saturated heterocycles. The summed E-state index contributed by atoms with van der Waals surface area (Å²) in [5.74, 6) is 0.629. The fraction of sp³-hybridized carbons (Fsp3) is 0.467. The van der Waals surface area contributed by atoms with Gasteiger partial charge in [-0.05, 0) is 60.8 Å². The van der Waals surface area contributed by atoms with Crippen molar-refractivity contribution < 1.29 is 19.1 Å². The van der Waals surface area contributed by atoms with Gasteiger partial charge in [-0.1, -0.05) is 63.6 Å². The monoisotopic (exact) mass is 553 g/mol. The number of ether oxygens (including phenoxy) is 1. The molecule has 1 amide bonds. The quantitative estimate of drug-likeness (QED) is 0.140. The molecule has 1 aromatic heterocycles. The molecule has 39 heavy (non-hydrogen) atoms. The summed E-state index contributed by atoms with van der Waals surface area (Å²) in [4.78, 5) is 25.9. The number of fused-ring (bicyclic) bond motifs is 1. The molecular formula is C30H43N3O5Si. The predicted octanol–water partition coefficient (Wildman–Crippen LogP) is 6.20. The van der Waals surface area contributed by atoms with E-state index in [1.165, 1.54) is 0 Å². The lowest BCUT2D eigenvalue weighted by molar-refractivity contribution is 0.181. The van der Waals surface area contributed by atoms with Crippen LogP contribution >= 0.6 is 0 Å². The molecule has 8 nitrogen and oxygen atoms in total. The van der Waals surface area contributed by atoms with Crippen molar-refractivity contribution in [3.63, 3.8) is 0 Å². The van der Waals surface area contributed by atoms with Gasteiger partial charge in [0.25, 0.3) is 0 Å². The van der Waals surface area contributed by atoms with Crippen LogP contribution in [0.25, 0.3) is 10.9 Å². The van der Waals surface area contributed by atoms with Crippen molar-refractivity contribution in [3.8, 4) is 5.75 Å². The first-order valence-corrected chi connectivity index (χ1v) is 16.6. The molecule has 3 aromatic rings. The Morgan fingerprint density at radius 3 is 2.41 bits per heavy atom. The van der Waals surface area contributed by atoms with Gasteiger partial charge < -0.3 is 29.9 Å². The predicted molar refractivity (Wildman–Crippen MR) is 159 cm³/mol. The van der Waals surface area contributed by atoms with E-state index in [1.54, 1.807) is 6.07 Å². The van der Waals surface area contributed by atoms with E-state index in [2.05, 4.69) is 55.5 Å². The van der Waals surface area contributed by atoms with Gasteiger partial charge in [0, 0.05) is 24.5 Å². The van der Waals surface area contributed by atoms with Crippen molar-refractivity contribution in [2.24, 2.45) is 0 Å². The van der Waals surface area contributed by atoms with Crippen molar-refractivity contribution in [2.45, 2.75) is 70.9 Å². The van der Waals surface area contributed by atoms with Crippen LogP contribution in [0.5, 0.6) is 5.75 Å². The summed E-state index contributed by atoms with van der Waals surface area (Å²) >= 11 is 0. The molecule has 3 rings (SSSR count). The molecule has 0 unspecified atom stereocenters. The third-order valence-electron chi connectivity index (χ3n) is 7.35. The zero-order valence-electron chi connectivity index (χ0n) is 23.8. The van der Waals surface area contributed by atoms with E-state index >= 15 is 0 Å². The van der Waals surface area contributed by atoms with E-state index in [0.717, 1.165) is 42.3 Å². The minimum atomic E-state index is -2.13. The van der Waals surface area contributed by atoms with Crippen LogP contribution in [0, 0.1) is 0 Å². The van der Waals surface area contributed by atoms with Crippen LogP contribution in [0.2, 0.25) is 18.1 Å². The number of carbonyl (C=O) groups is 1. The lowest BCUT2D eigenvalue weighted by atomic mass is 10.0. The smallest absolute Gasteiger partial charge is 0.404 e. The summed E-state index contributed by atoms with van der Waals surface area (Å²) < 4.78 is 13.1. The number of nitrogens with one attached hydrogen (secondary N) is 3. The zero-order chi connectivity index (χ0) is 28.5. The lowest BCUT2D eigenvalue weighted by Crippen LogP contribution is -2.43. The number of H-pyrrole nitrogens is 1. The second kappa shape index (κ2) is 13.8. The summed E-state index contributed by atoms with van der Waals surface area (Å²) in [6.45, 7) is 13.5. The Hall–Kier alpha value is -3.14. The Morgan fingerprint density at radius 2 is 1.72 bits per heavy atom. The van der Waals surface area contributed by atoms with Gasteiger partial charge in [0.05, 0.1) is 11.6 Å². The lowest BCUT2D eigenvalue weighted by Gasteiger charge is -2.39. The van der Waals surface area contributed by atoms with Crippen LogP contribution in [0.1, 0.15) is 57.3 Å². The van der Waals surface area contributed by atoms with Crippen molar-refractivity contribution in [1.82, 2.24) is 15.6 Å². The standard InChI is InChI=1S/C30H43N3O5Si/c1-30(2,3)39(4,5)38-26(20-31-18-10-7-11-19-32-29(35)36)23-14-16-25(28-24(23)15-17-27(34)33-28)37-21-22-12-8-6-9-13-22/h6,8-9,12-17,26,31-32H,7,10-11,18-21H2,1-5H3,(H,33,34)(H,35,36)/t26-/m0/s1. The van der Waals surface area contributed by atoms with Gasteiger partial charge in [-0.3, -0.25) is 4.79 Å². The number of carboxylic acid groups (broad SMARTS) is 1. The van der Waals surface area contributed by atoms with Crippen molar-refractivity contribution >= 4 is 25.3 Å². The molecule has 0 saturated carbocycles. The first kappa shape index (κ1) is 30.4. The summed E-state index contributed by atoms with van der Waals surface area (Å²) in [5.41, 5.74) is 2.55. The first-order valence-electron chi connectivity index (χ1n) is 13.7. The fourth-order valence-electron chi connectivity index (χ4n) is 4.11. The Bertz CT molecular complexity index is 1270. The highest BCUT2D eigenvalue weighted by molar-refractivity contribution is 6.74. The number of benzene rings is 2. The minimum absolute atomic E-state index is 0.0330. The van der Waals surface area contributed by atoms with E-state index in [0.29, 0.717) is 31.0 Å². The normalized spacial score (nSPS) is 12.8. The number of pyridine rings is 1. The molecule has 0 fully saturated rings. The number of hydrogen-bond donors (Lipinski definition) is 4. The average Bonchev–Trinajstić information content (AvgIpc) is 2.87. The molecule has 0 aliphatic rings. The van der Waals surface area contributed by atoms with Gasteiger partial charge in [0.1, 0.15) is 12.4 Å². The van der Waals surface area contributed by atoms with Crippen LogP contribution in [0.4, 0.5) is 4.79 Å². The van der Waals surface area contributed by atoms with E-state index in [1.807, 2.05) is 42.5 Å². The Labute approximate surface area is 232 Å². The van der Waals surface area contributed by atoms with Gasteiger partial charge >= 0.3 is 6.09 Å². The van der Waals surface area contributed by atoms with Gasteiger partial charge in [0.2, 0.25) is 5.56 Å². The number of hydrogen-bond acceptors (Lipinski definition) is 5. The molecule has 0 aliphatic carbocycles. The number of unbranched alkanes of at least 4 members (excludes halogenated alkanes) is 2. The molecule has 9 heteroatoms. The SMILES string of the molecule is CC(C)(C)[Si](C)(C)O[C@@H](CNCCCCCNC(=O)O)c1ccc(OCc2ccccc2)c2[nH]c(=O)ccc12. The van der Waals surface area contributed by atoms with Crippen LogP contribution in [0.15, 0.2) is 59.4 Å². The highest BCUT2D eigenvalue weighted by Crippen LogP contribution is 2.41. The maximum Gasteiger partial charge on any atom is 0.404 e. The highest BCUT2D eigenvalue weighted by Gasteiger charge is 2.39. The number of amides is 1. The number of rotatable bonds is 14. The highest BCUT2D eigenvalue weighted by atomic mass is 28.4. The van der Waals surface area contributed by atoms with Crippen LogP contribution < -0.4 is 20.9 Å². The first-order chi connectivity index (χ1) is 18.5. The third-order valence-corrected chi connectivity index (χ3v) is 11.8. The molecule has 1 heterocycles. The second-order valence-electron chi connectivity index (χ2n) is 11.4. The van der Waals surface area contributed by atoms with Gasteiger partial charge in [-0.2, -0.15) is 0 Å². The topological polar surface area (TPSA) is 113 Å². The summed E-state index contributed by atoms with van der Waals surface area (Å²) in [6, 6.07) is 17.3. The van der Waals surface area contributed by atoms with E-state index in [-0.39, 0.29) is 16.7 Å². The Balaban J connectivity index is 1.82. The molecule has 0 spiro atoms. The van der Waals surface area contributed by atoms with Crippen molar-refractivity contribution in [2.75, 3.05) is 19.6 Å². The fourth-order valence-corrected chi connectivity index (χ4v) is 5.39. The number of aromatic nitrogens is 1. The minimum Gasteiger partial charge on any atom is -0.487 e. The third kappa shape index (κ3) is 8.95. The van der Waals surface area contributed by atoms with Crippen LogP contribution in [-0.4, -0.2) is 44.1 Å². The molecule has 1 atom stereocenters.